The van der Waals surface area contributed by atoms with E-state index in [9.17, 15) is 0 Å². The minimum Gasteiger partial charge on any atom is -0.253 e. The summed E-state index contributed by atoms with van der Waals surface area (Å²) in [6.45, 7) is 3.84. The number of hydrogen-bond donors (Lipinski definition) is 1. The van der Waals surface area contributed by atoms with Gasteiger partial charge in [0.15, 0.2) is 0 Å². The Balaban J connectivity index is 2.14. The molecule has 0 atom stereocenters. The van der Waals surface area contributed by atoms with Gasteiger partial charge in [-0.25, -0.2) is 4.98 Å². The average Bonchev–Trinajstić information content (AvgIpc) is 2.71. The van der Waals surface area contributed by atoms with E-state index in [1.165, 1.54) is 11.3 Å². The van der Waals surface area contributed by atoms with Gasteiger partial charge >= 0.3 is 0 Å². The summed E-state index contributed by atoms with van der Waals surface area (Å²) in [6.07, 6.45) is 1.64. The molecule has 0 aliphatic heterocycles. The van der Waals surface area contributed by atoms with Crippen LogP contribution in [-0.4, -0.2) is 11.2 Å². The molecule has 0 unspecified atom stereocenters. The molecule has 6 heteroatoms. The molecular weight excluding hydrogens is 289 g/mol. The average molecular weight is 300 g/mol. The van der Waals surface area contributed by atoms with Crippen molar-refractivity contribution >= 4 is 45.9 Å². The van der Waals surface area contributed by atoms with Crippen molar-refractivity contribution in [2.45, 2.75) is 13.8 Å². The quantitative estimate of drug-likeness (QED) is 0.668. The first-order chi connectivity index (χ1) is 8.56. The standard InChI is InChI=1S/C12H11Cl2N3S/c1-7-3-10(13)4-9(11(7)14)5-15-17-12-16-8(2)6-18-12/h3-6H,1-2H3,(H,16,17). The number of aromatic nitrogens is 1. The van der Waals surface area contributed by atoms with Gasteiger partial charge in [-0.2, -0.15) is 5.10 Å². The van der Waals surface area contributed by atoms with Crippen LogP contribution in [0.15, 0.2) is 22.6 Å². The van der Waals surface area contributed by atoms with Crippen molar-refractivity contribution in [3.05, 3.63) is 44.4 Å². The molecule has 0 bridgehead atoms. The second-order valence-corrected chi connectivity index (χ2v) is 5.46. The summed E-state index contributed by atoms with van der Waals surface area (Å²) < 4.78 is 0. The number of benzene rings is 1. The van der Waals surface area contributed by atoms with Gasteiger partial charge in [-0.3, -0.25) is 5.43 Å². The summed E-state index contributed by atoms with van der Waals surface area (Å²) in [5.74, 6) is 0. The molecule has 18 heavy (non-hydrogen) atoms. The number of anilines is 1. The number of rotatable bonds is 3. The molecule has 0 spiro atoms. The molecule has 0 amide bonds. The van der Waals surface area contributed by atoms with Crippen LogP contribution < -0.4 is 5.43 Å². The van der Waals surface area contributed by atoms with Gasteiger partial charge in [0, 0.05) is 16.0 Å². The number of hydrogen-bond acceptors (Lipinski definition) is 4. The molecule has 94 valence electrons. The highest BCUT2D eigenvalue weighted by Gasteiger charge is 2.03. The van der Waals surface area contributed by atoms with E-state index in [1.807, 2.05) is 25.3 Å². The first kappa shape index (κ1) is 13.3. The van der Waals surface area contributed by atoms with Crippen LogP contribution in [0.1, 0.15) is 16.8 Å². The third-order valence-corrected chi connectivity index (χ3v) is 3.83. The van der Waals surface area contributed by atoms with Crippen molar-refractivity contribution < 1.29 is 0 Å². The molecule has 2 rings (SSSR count). The maximum absolute atomic E-state index is 6.16. The molecule has 0 aliphatic rings. The van der Waals surface area contributed by atoms with Gasteiger partial charge in [-0.1, -0.05) is 23.2 Å². The minimum absolute atomic E-state index is 0.642. The molecule has 0 aliphatic carbocycles. The van der Waals surface area contributed by atoms with Crippen LogP contribution in [0.2, 0.25) is 10.0 Å². The molecule has 1 heterocycles. The van der Waals surface area contributed by atoms with E-state index in [0.717, 1.165) is 22.0 Å². The van der Waals surface area contributed by atoms with Gasteiger partial charge in [0.25, 0.3) is 0 Å². The van der Waals surface area contributed by atoms with Crippen LogP contribution in [-0.2, 0) is 0 Å². The van der Waals surface area contributed by atoms with Gasteiger partial charge in [-0.15, -0.1) is 11.3 Å². The fourth-order valence-electron chi connectivity index (χ4n) is 1.41. The summed E-state index contributed by atoms with van der Waals surface area (Å²) in [4.78, 5) is 4.23. The Morgan fingerprint density at radius 2 is 2.11 bits per heavy atom. The van der Waals surface area contributed by atoms with Crippen molar-refractivity contribution in [2.75, 3.05) is 5.43 Å². The highest BCUT2D eigenvalue weighted by molar-refractivity contribution is 7.13. The Morgan fingerprint density at radius 3 is 2.78 bits per heavy atom. The predicted octanol–water partition coefficient (Wildman–Crippen LogP) is 4.51. The van der Waals surface area contributed by atoms with E-state index in [1.54, 1.807) is 12.3 Å². The first-order valence-corrected chi connectivity index (χ1v) is 6.86. The molecule has 1 aromatic heterocycles. The first-order valence-electron chi connectivity index (χ1n) is 5.23. The van der Waals surface area contributed by atoms with E-state index in [-0.39, 0.29) is 0 Å². The Labute approximate surface area is 119 Å². The molecule has 2 aromatic rings. The fraction of sp³-hybridized carbons (Fsp3) is 0.167. The normalized spacial score (nSPS) is 11.1. The number of thiazole rings is 1. The Kier molecular flexibility index (Phi) is 4.22. The maximum atomic E-state index is 6.16. The van der Waals surface area contributed by atoms with E-state index in [2.05, 4.69) is 15.5 Å². The Morgan fingerprint density at radius 1 is 1.33 bits per heavy atom. The highest BCUT2D eigenvalue weighted by atomic mass is 35.5. The van der Waals surface area contributed by atoms with Gasteiger partial charge < -0.3 is 0 Å². The zero-order valence-electron chi connectivity index (χ0n) is 9.87. The van der Waals surface area contributed by atoms with Gasteiger partial charge in [-0.05, 0) is 31.5 Å². The number of nitrogens with zero attached hydrogens (tertiary/aromatic N) is 2. The highest BCUT2D eigenvalue weighted by Crippen LogP contribution is 2.24. The number of aryl methyl sites for hydroxylation is 2. The van der Waals surface area contributed by atoms with Crippen LogP contribution in [0.25, 0.3) is 0 Å². The van der Waals surface area contributed by atoms with Crippen LogP contribution in [0.4, 0.5) is 5.13 Å². The second-order valence-electron chi connectivity index (χ2n) is 3.79. The third kappa shape index (κ3) is 3.22. The molecule has 0 radical (unpaired) electrons. The Bertz CT molecular complexity index is 593. The summed E-state index contributed by atoms with van der Waals surface area (Å²) in [7, 11) is 0. The van der Waals surface area contributed by atoms with Crippen LogP contribution in [0, 0.1) is 13.8 Å². The van der Waals surface area contributed by atoms with Crippen molar-refractivity contribution in [3.8, 4) is 0 Å². The van der Waals surface area contributed by atoms with Gasteiger partial charge in [0.2, 0.25) is 5.13 Å². The molecule has 0 fully saturated rings. The summed E-state index contributed by atoms with van der Waals surface area (Å²) in [6, 6.07) is 3.59. The Hall–Kier alpha value is -1.10. The summed E-state index contributed by atoms with van der Waals surface area (Å²) in [5, 5.41) is 8.09. The van der Waals surface area contributed by atoms with Gasteiger partial charge in [0.05, 0.1) is 16.9 Å². The summed E-state index contributed by atoms with van der Waals surface area (Å²) in [5.41, 5.74) is 5.53. The fourth-order valence-corrected chi connectivity index (χ4v) is 2.48. The SMILES string of the molecule is Cc1csc(NN=Cc2cc(Cl)cc(C)c2Cl)n1. The topological polar surface area (TPSA) is 37.3 Å². The van der Waals surface area contributed by atoms with Crippen LogP contribution in [0.3, 0.4) is 0 Å². The third-order valence-electron chi connectivity index (χ3n) is 2.23. The zero-order valence-corrected chi connectivity index (χ0v) is 12.2. The number of nitrogens with one attached hydrogen (secondary N) is 1. The molecule has 3 nitrogen and oxygen atoms in total. The van der Waals surface area contributed by atoms with E-state index >= 15 is 0 Å². The van der Waals surface area contributed by atoms with Crippen molar-refractivity contribution in [2.24, 2.45) is 5.10 Å². The maximum Gasteiger partial charge on any atom is 0.203 e. The van der Waals surface area contributed by atoms with Crippen LogP contribution >= 0.6 is 34.5 Å². The molecular formula is C12H11Cl2N3S. The smallest absolute Gasteiger partial charge is 0.203 e. The zero-order chi connectivity index (χ0) is 13.1. The molecule has 1 aromatic carbocycles. The van der Waals surface area contributed by atoms with Crippen molar-refractivity contribution in [1.29, 1.82) is 0 Å². The van der Waals surface area contributed by atoms with E-state index < -0.39 is 0 Å². The minimum atomic E-state index is 0.642. The lowest BCUT2D eigenvalue weighted by atomic mass is 10.1. The van der Waals surface area contributed by atoms with Gasteiger partial charge in [0.1, 0.15) is 0 Å². The van der Waals surface area contributed by atoms with Crippen LogP contribution in [0.5, 0.6) is 0 Å². The summed E-state index contributed by atoms with van der Waals surface area (Å²) >= 11 is 13.6. The molecule has 1 N–H and O–H groups in total. The lowest BCUT2D eigenvalue weighted by molar-refractivity contribution is 1.22. The monoisotopic (exact) mass is 299 g/mol. The molecule has 0 saturated heterocycles. The van der Waals surface area contributed by atoms with Crippen molar-refractivity contribution in [3.63, 3.8) is 0 Å². The number of hydrazone groups is 1. The van der Waals surface area contributed by atoms with Crippen molar-refractivity contribution in [1.82, 2.24) is 4.98 Å². The largest absolute Gasteiger partial charge is 0.253 e. The lowest BCUT2D eigenvalue weighted by Crippen LogP contribution is -1.92. The predicted molar refractivity (Wildman–Crippen MR) is 79.3 cm³/mol. The van der Waals surface area contributed by atoms with E-state index in [0.29, 0.717) is 10.0 Å². The molecule has 0 saturated carbocycles. The second kappa shape index (κ2) is 5.69. The van der Waals surface area contributed by atoms with E-state index in [4.69, 9.17) is 23.2 Å². The lowest BCUT2D eigenvalue weighted by Gasteiger charge is -2.03. The number of halogens is 2.